The zero-order chi connectivity index (χ0) is 55.5. The topological polar surface area (TPSA) is 367 Å². The van der Waals surface area contributed by atoms with Gasteiger partial charge in [-0.25, -0.2) is 14.4 Å². The van der Waals surface area contributed by atoms with Crippen LogP contribution in [-0.2, 0) is 57.3 Å². The summed E-state index contributed by atoms with van der Waals surface area (Å²) in [5, 5.41) is 56.9. The highest BCUT2D eigenvalue weighted by molar-refractivity contribution is 5.88. The molecule has 418 valence electrons. The zero-order valence-corrected chi connectivity index (χ0v) is 43.4. The smallest absolute Gasteiger partial charge is 0.335 e. The van der Waals surface area contributed by atoms with Gasteiger partial charge in [0.15, 0.2) is 0 Å². The molecule has 72 heavy (non-hydrogen) atoms. The Morgan fingerprint density at radius 2 is 0.861 bits per heavy atom. The molecule has 0 aliphatic rings. The van der Waals surface area contributed by atoms with Crippen molar-refractivity contribution in [3.05, 3.63) is 36.5 Å². The number of amides is 2. The van der Waals surface area contributed by atoms with Gasteiger partial charge in [-0.05, 0) is 59.5 Å². The molecule has 0 aromatic carbocycles. The highest BCUT2D eigenvalue weighted by Crippen LogP contribution is 2.00. The van der Waals surface area contributed by atoms with Crippen LogP contribution in [0.15, 0.2) is 36.5 Å². The molecular weight excluding hydrogens is 949 g/mol. The van der Waals surface area contributed by atoms with Crippen LogP contribution < -0.4 is 32.3 Å². The number of nitrogens with one attached hydrogen (secondary N) is 5. The molecule has 25 nitrogen and oxygen atoms in total. The van der Waals surface area contributed by atoms with Gasteiger partial charge in [0, 0.05) is 135 Å². The molecule has 0 saturated heterocycles. The Morgan fingerprint density at radius 3 is 1.21 bits per heavy atom. The van der Waals surface area contributed by atoms with Crippen LogP contribution in [0.2, 0.25) is 0 Å². The molecule has 0 bridgehead atoms. The number of nitrogens with zero attached hydrogens (tertiary/aromatic N) is 2. The van der Waals surface area contributed by atoms with E-state index in [-0.39, 0.29) is 67.4 Å². The lowest BCUT2D eigenvalue weighted by molar-refractivity contribution is -0.167. The second kappa shape index (κ2) is 52.0. The van der Waals surface area contributed by atoms with Crippen molar-refractivity contribution in [2.45, 2.75) is 79.1 Å². The van der Waals surface area contributed by atoms with E-state index in [0.717, 1.165) is 78.6 Å². The van der Waals surface area contributed by atoms with Crippen molar-refractivity contribution in [2.24, 2.45) is 11.7 Å². The van der Waals surface area contributed by atoms with Gasteiger partial charge < -0.3 is 76.8 Å². The third kappa shape index (κ3) is 52.4. The van der Waals surface area contributed by atoms with Crippen LogP contribution in [0.25, 0.3) is 0 Å². The second-order valence-corrected chi connectivity index (χ2v) is 15.8. The van der Waals surface area contributed by atoms with E-state index < -0.39 is 55.3 Å². The Labute approximate surface area is 425 Å². The fraction of sp³-hybridized carbons (Fsp3) is 0.702. The van der Waals surface area contributed by atoms with Crippen molar-refractivity contribution >= 4 is 47.6 Å². The van der Waals surface area contributed by atoms with Crippen molar-refractivity contribution in [2.75, 3.05) is 132 Å². The number of rotatable bonds is 41. The first-order valence-electron chi connectivity index (χ1n) is 23.8. The Morgan fingerprint density at radius 1 is 0.514 bits per heavy atom. The van der Waals surface area contributed by atoms with E-state index in [1.807, 2.05) is 0 Å². The summed E-state index contributed by atoms with van der Waals surface area (Å²) in [5.74, 6) is -5.23. The molecule has 1 unspecified atom stereocenters. The number of aliphatic hydroxyl groups excluding tert-OH is 3. The minimum atomic E-state index is -1.01. The van der Waals surface area contributed by atoms with E-state index in [2.05, 4.69) is 65.6 Å². The maximum absolute atomic E-state index is 12.0. The average Bonchev–Trinajstić information content (AvgIpc) is 3.33. The predicted molar refractivity (Wildman–Crippen MR) is 269 cm³/mol. The number of ether oxygens (including phenoxy) is 4. The number of nitrogens with two attached hydrogens (primary N) is 1. The molecule has 0 aromatic heterocycles. The van der Waals surface area contributed by atoms with Gasteiger partial charge in [0.05, 0.1) is 18.8 Å². The van der Waals surface area contributed by atoms with Crippen LogP contribution in [0.5, 0.6) is 0 Å². The number of aliphatic carboxylic acids is 2. The van der Waals surface area contributed by atoms with Crippen molar-refractivity contribution in [3.8, 4) is 0 Å². The lowest BCUT2D eigenvalue weighted by Gasteiger charge is -2.23. The molecule has 0 saturated carbocycles. The van der Waals surface area contributed by atoms with Crippen molar-refractivity contribution in [1.29, 1.82) is 0 Å². The highest BCUT2D eigenvalue weighted by atomic mass is 16.7. The van der Waals surface area contributed by atoms with Crippen molar-refractivity contribution < 1.29 is 82.8 Å². The summed E-state index contributed by atoms with van der Waals surface area (Å²) < 4.78 is 18.7. The summed E-state index contributed by atoms with van der Waals surface area (Å²) in [6.45, 7) is 25.8. The summed E-state index contributed by atoms with van der Waals surface area (Å²) in [7, 11) is 1.00. The third-order valence-electron chi connectivity index (χ3n) is 9.08. The fourth-order valence-corrected chi connectivity index (χ4v) is 5.05. The summed E-state index contributed by atoms with van der Waals surface area (Å²) in [4.78, 5) is 93.1. The first-order valence-corrected chi connectivity index (χ1v) is 23.8. The van der Waals surface area contributed by atoms with Crippen LogP contribution in [0.3, 0.4) is 0 Å². The van der Waals surface area contributed by atoms with Crippen LogP contribution in [0, 0.1) is 5.92 Å². The lowest BCUT2D eigenvalue weighted by atomic mass is 10.2. The normalized spacial score (nSPS) is 10.7. The summed E-state index contributed by atoms with van der Waals surface area (Å²) in [6, 6.07) is 0. The summed E-state index contributed by atoms with van der Waals surface area (Å²) in [5.41, 5.74) is 6.30. The zero-order valence-electron chi connectivity index (χ0n) is 43.4. The molecule has 0 aliphatic carbocycles. The fourth-order valence-electron chi connectivity index (χ4n) is 5.05. The molecule has 25 heteroatoms. The molecule has 0 rings (SSSR count). The van der Waals surface area contributed by atoms with Gasteiger partial charge in [0.1, 0.15) is 0 Å². The van der Waals surface area contributed by atoms with E-state index >= 15 is 0 Å². The van der Waals surface area contributed by atoms with E-state index in [9.17, 15) is 38.4 Å². The van der Waals surface area contributed by atoms with Crippen LogP contribution >= 0.6 is 0 Å². The first kappa shape index (κ1) is 73.2. The molecule has 2 amide bonds. The van der Waals surface area contributed by atoms with Crippen molar-refractivity contribution in [1.82, 2.24) is 36.4 Å². The predicted octanol–water partition coefficient (Wildman–Crippen LogP) is -1.14. The van der Waals surface area contributed by atoms with Gasteiger partial charge >= 0.3 is 35.8 Å². The van der Waals surface area contributed by atoms with Crippen LogP contribution in [0.4, 0.5) is 0 Å². The maximum Gasteiger partial charge on any atom is 0.335 e. The molecule has 0 fully saturated rings. The van der Waals surface area contributed by atoms with Gasteiger partial charge in [-0.2, -0.15) is 0 Å². The molecular formula is C47H88N8O17. The number of esters is 4. The van der Waals surface area contributed by atoms with E-state index in [1.165, 1.54) is 20.8 Å². The highest BCUT2D eigenvalue weighted by Gasteiger charge is 2.16. The SMILES string of the molecule is C=C(C)C(=O)OCOC(=O)C(=C)C.C=C(C)C(=O)OCOC(=O)C(C)CNCCN(CCNCCCCO)CCNC(=O)CCC(=O)O.CO.NCCN(CCNCCCCO)CCNC(=O)CCC(=O)O. The number of unbranched alkanes of at least 4 members (excludes halogenated alkanes) is 2. The molecule has 0 radical (unpaired) electrons. The van der Waals surface area contributed by atoms with Gasteiger partial charge in [-0.15, -0.1) is 0 Å². The lowest BCUT2D eigenvalue weighted by Crippen LogP contribution is -2.42. The first-order chi connectivity index (χ1) is 34.2. The van der Waals surface area contributed by atoms with Gasteiger partial charge in [-0.3, -0.25) is 33.8 Å². The van der Waals surface area contributed by atoms with Crippen molar-refractivity contribution in [3.63, 3.8) is 0 Å². The molecule has 0 aliphatic heterocycles. The number of carbonyl (C=O) groups excluding carboxylic acids is 6. The van der Waals surface area contributed by atoms with E-state index in [1.54, 1.807) is 6.92 Å². The molecule has 12 N–H and O–H groups in total. The standard InChI is InChI=1S/C23H42N4O8.C14H30N4O4.C9H12O4.CH4O/c1-18(2)22(32)34-17-35-23(33)19(3)16-25-10-13-27(12-9-24-8-4-5-15-28)14-11-26-20(29)6-7-21(30)31;15-5-9-18(10-7-16-6-1-2-12-19)11-8-17-13(20)3-4-14(21)22;1-6(2)8(10)12-5-13-9(11)7(3)4;1-2/h19,24-25,28H,1,4-17H2,2-3H3,(H,26,29)(H,30,31);16,19H,1-12,15H2,(H,17,20)(H,21,22);1,3,5H2,2,4H3;2H,1H3. The minimum Gasteiger partial charge on any atom is -0.481 e. The second-order valence-electron chi connectivity index (χ2n) is 15.8. The molecule has 0 heterocycles. The van der Waals surface area contributed by atoms with Gasteiger partial charge in [-0.1, -0.05) is 26.7 Å². The molecule has 0 spiro atoms. The Bertz CT molecular complexity index is 1530. The average molecular weight is 1040 g/mol. The van der Waals surface area contributed by atoms with Crippen LogP contribution in [0.1, 0.15) is 79.1 Å². The third-order valence-corrected chi connectivity index (χ3v) is 9.08. The number of aliphatic hydroxyl groups is 3. The van der Waals surface area contributed by atoms with Crippen LogP contribution in [-0.4, -0.2) is 215 Å². The number of carboxylic acid groups (broad SMARTS) is 2. The quantitative estimate of drug-likeness (QED) is 0.0149. The Kier molecular flexibility index (Phi) is 52.8. The number of carbonyl (C=O) groups is 8. The minimum absolute atomic E-state index is 0.0125. The molecule has 0 aromatic rings. The summed E-state index contributed by atoms with van der Waals surface area (Å²) in [6.07, 6.45) is 3.01. The maximum atomic E-state index is 12.0. The van der Waals surface area contributed by atoms with E-state index in [4.69, 9.17) is 40.7 Å². The van der Waals surface area contributed by atoms with Gasteiger partial charge in [0.25, 0.3) is 0 Å². The number of carboxylic acids is 2. The van der Waals surface area contributed by atoms with E-state index in [0.29, 0.717) is 52.4 Å². The van der Waals surface area contributed by atoms with Gasteiger partial charge in [0.2, 0.25) is 25.4 Å². The number of hydrogen-bond donors (Lipinski definition) is 11. The Hall–Kier alpha value is -5.38. The summed E-state index contributed by atoms with van der Waals surface area (Å²) >= 11 is 0. The largest absolute Gasteiger partial charge is 0.481 e. The number of hydrogen-bond acceptors (Lipinski definition) is 21. The Balaban J connectivity index is -0.000000529. The molecule has 1 atom stereocenters. The monoisotopic (exact) mass is 1040 g/mol.